The van der Waals surface area contributed by atoms with Crippen molar-refractivity contribution in [3.63, 3.8) is 0 Å². The number of nitrogens with one attached hydrogen (secondary N) is 1. The highest BCUT2D eigenvalue weighted by atomic mass is 16.2. The van der Waals surface area contributed by atoms with E-state index in [1.54, 1.807) is 6.20 Å². The van der Waals surface area contributed by atoms with Crippen LogP contribution < -0.4 is 5.32 Å². The van der Waals surface area contributed by atoms with Crippen LogP contribution in [-0.2, 0) is 0 Å². The highest BCUT2D eigenvalue weighted by Gasteiger charge is 2.27. The van der Waals surface area contributed by atoms with Gasteiger partial charge in [0.25, 0.3) is 5.91 Å². The Balaban J connectivity index is 1.68. The van der Waals surface area contributed by atoms with Gasteiger partial charge >= 0.3 is 0 Å². The molecule has 20 heavy (non-hydrogen) atoms. The molecule has 0 aromatic carbocycles. The van der Waals surface area contributed by atoms with Crippen molar-refractivity contribution in [1.82, 2.24) is 9.88 Å². The Bertz CT molecular complexity index is 467. The predicted octanol–water partition coefficient (Wildman–Crippen LogP) is 3.06. The summed E-state index contributed by atoms with van der Waals surface area (Å²) in [6, 6.07) is 4.84. The van der Waals surface area contributed by atoms with E-state index in [1.165, 1.54) is 19.3 Å². The van der Waals surface area contributed by atoms with Gasteiger partial charge in [-0.2, -0.15) is 0 Å². The Kier molecular flexibility index (Phi) is 3.90. The van der Waals surface area contributed by atoms with Crippen LogP contribution in [0, 0.1) is 0 Å². The molecule has 1 unspecified atom stereocenters. The SMILES string of the molecule is CCC1CCCCN1C(=O)c1ccc(NC2CC2)cn1. The van der Waals surface area contributed by atoms with Gasteiger partial charge in [0.1, 0.15) is 5.69 Å². The minimum Gasteiger partial charge on any atom is -0.381 e. The molecule has 1 aromatic rings. The van der Waals surface area contributed by atoms with Crippen LogP contribution in [-0.4, -0.2) is 34.4 Å². The molecule has 1 N–H and O–H groups in total. The molecule has 1 aliphatic heterocycles. The molecular formula is C16H23N3O. The second kappa shape index (κ2) is 5.81. The molecule has 4 nitrogen and oxygen atoms in total. The number of amides is 1. The fraction of sp³-hybridized carbons (Fsp3) is 0.625. The molecule has 3 rings (SSSR count). The molecule has 0 bridgehead atoms. The van der Waals surface area contributed by atoms with Gasteiger partial charge in [0.05, 0.1) is 11.9 Å². The van der Waals surface area contributed by atoms with Gasteiger partial charge in [-0.25, -0.2) is 4.98 Å². The highest BCUT2D eigenvalue weighted by molar-refractivity contribution is 5.92. The highest BCUT2D eigenvalue weighted by Crippen LogP contribution is 2.25. The number of hydrogen-bond donors (Lipinski definition) is 1. The van der Waals surface area contributed by atoms with Crippen molar-refractivity contribution in [3.8, 4) is 0 Å². The van der Waals surface area contributed by atoms with Crippen LogP contribution in [0.25, 0.3) is 0 Å². The van der Waals surface area contributed by atoms with Crippen molar-refractivity contribution < 1.29 is 4.79 Å². The van der Waals surface area contributed by atoms with Crippen molar-refractivity contribution in [2.75, 3.05) is 11.9 Å². The maximum Gasteiger partial charge on any atom is 0.272 e. The smallest absolute Gasteiger partial charge is 0.272 e. The maximum atomic E-state index is 12.6. The number of anilines is 1. The summed E-state index contributed by atoms with van der Waals surface area (Å²) < 4.78 is 0. The van der Waals surface area contributed by atoms with Gasteiger partial charge in [0.15, 0.2) is 0 Å². The topological polar surface area (TPSA) is 45.2 Å². The van der Waals surface area contributed by atoms with Crippen molar-refractivity contribution in [3.05, 3.63) is 24.0 Å². The maximum absolute atomic E-state index is 12.6. The summed E-state index contributed by atoms with van der Waals surface area (Å²) in [4.78, 5) is 18.9. The van der Waals surface area contributed by atoms with Crippen LogP contribution in [0.5, 0.6) is 0 Å². The molecule has 1 saturated carbocycles. The number of likely N-dealkylation sites (tertiary alicyclic amines) is 1. The van der Waals surface area contributed by atoms with Crippen LogP contribution >= 0.6 is 0 Å². The van der Waals surface area contributed by atoms with Gasteiger partial charge in [-0.05, 0) is 50.7 Å². The Morgan fingerprint density at radius 1 is 1.35 bits per heavy atom. The lowest BCUT2D eigenvalue weighted by Gasteiger charge is -2.35. The van der Waals surface area contributed by atoms with E-state index in [0.717, 1.165) is 31.5 Å². The molecular weight excluding hydrogens is 250 g/mol. The standard InChI is InChI=1S/C16H23N3O/c1-2-14-5-3-4-10-19(14)16(20)15-9-8-13(11-17-15)18-12-6-7-12/h8-9,11-12,14,18H,2-7,10H2,1H3. The number of pyridine rings is 1. The van der Waals surface area contributed by atoms with Gasteiger partial charge in [0.2, 0.25) is 0 Å². The lowest BCUT2D eigenvalue weighted by Crippen LogP contribution is -2.43. The number of hydrogen-bond acceptors (Lipinski definition) is 3. The van der Waals surface area contributed by atoms with E-state index in [0.29, 0.717) is 17.8 Å². The van der Waals surface area contributed by atoms with E-state index in [-0.39, 0.29) is 5.91 Å². The lowest BCUT2D eigenvalue weighted by molar-refractivity contribution is 0.0602. The second-order valence-electron chi connectivity index (χ2n) is 5.91. The fourth-order valence-electron chi connectivity index (χ4n) is 2.91. The largest absolute Gasteiger partial charge is 0.381 e. The molecule has 1 atom stereocenters. The van der Waals surface area contributed by atoms with Gasteiger partial charge in [-0.15, -0.1) is 0 Å². The molecule has 2 aliphatic rings. The molecule has 2 heterocycles. The summed E-state index contributed by atoms with van der Waals surface area (Å²) in [5, 5.41) is 3.39. The second-order valence-corrected chi connectivity index (χ2v) is 5.91. The summed E-state index contributed by atoms with van der Waals surface area (Å²) in [6.45, 7) is 3.04. The molecule has 1 amide bonds. The van der Waals surface area contributed by atoms with Crippen LogP contribution in [0.1, 0.15) is 55.9 Å². The number of piperidine rings is 1. The lowest BCUT2D eigenvalue weighted by atomic mass is 9.99. The van der Waals surface area contributed by atoms with Crippen LogP contribution in [0.2, 0.25) is 0 Å². The van der Waals surface area contributed by atoms with Crippen LogP contribution in [0.3, 0.4) is 0 Å². The Labute approximate surface area is 120 Å². The van der Waals surface area contributed by atoms with Crippen molar-refractivity contribution in [1.29, 1.82) is 0 Å². The van der Waals surface area contributed by atoms with Crippen LogP contribution in [0.4, 0.5) is 5.69 Å². The van der Waals surface area contributed by atoms with Gasteiger partial charge in [-0.3, -0.25) is 4.79 Å². The molecule has 1 saturated heterocycles. The first-order valence-corrected chi connectivity index (χ1v) is 7.81. The molecule has 108 valence electrons. The third-order valence-corrected chi connectivity index (χ3v) is 4.29. The number of rotatable bonds is 4. The fourth-order valence-corrected chi connectivity index (χ4v) is 2.91. The van der Waals surface area contributed by atoms with Crippen LogP contribution in [0.15, 0.2) is 18.3 Å². The average molecular weight is 273 g/mol. The summed E-state index contributed by atoms with van der Waals surface area (Å²) in [6.07, 6.45) is 8.79. The van der Waals surface area contributed by atoms with E-state index in [1.807, 2.05) is 17.0 Å². The third-order valence-electron chi connectivity index (χ3n) is 4.29. The van der Waals surface area contributed by atoms with E-state index in [2.05, 4.69) is 17.2 Å². The summed E-state index contributed by atoms with van der Waals surface area (Å²) in [5.41, 5.74) is 1.60. The zero-order valence-electron chi connectivity index (χ0n) is 12.1. The zero-order valence-corrected chi connectivity index (χ0v) is 12.1. The molecule has 1 aromatic heterocycles. The summed E-state index contributed by atoms with van der Waals surface area (Å²) in [7, 11) is 0. The first-order chi connectivity index (χ1) is 9.78. The first kappa shape index (κ1) is 13.4. The molecule has 2 fully saturated rings. The van der Waals surface area contributed by atoms with Crippen molar-refractivity contribution in [2.45, 2.75) is 57.5 Å². The molecule has 1 aliphatic carbocycles. The Morgan fingerprint density at radius 3 is 2.85 bits per heavy atom. The quantitative estimate of drug-likeness (QED) is 0.917. The first-order valence-electron chi connectivity index (χ1n) is 7.81. The normalized spacial score (nSPS) is 22.6. The molecule has 0 radical (unpaired) electrons. The number of aromatic nitrogens is 1. The zero-order chi connectivity index (χ0) is 13.9. The minimum atomic E-state index is 0.0921. The predicted molar refractivity (Wildman–Crippen MR) is 79.8 cm³/mol. The number of carbonyl (C=O) groups is 1. The van der Waals surface area contributed by atoms with Crippen molar-refractivity contribution in [2.24, 2.45) is 0 Å². The van der Waals surface area contributed by atoms with Gasteiger partial charge < -0.3 is 10.2 Å². The van der Waals surface area contributed by atoms with E-state index >= 15 is 0 Å². The van der Waals surface area contributed by atoms with Gasteiger partial charge in [0, 0.05) is 18.6 Å². The number of nitrogens with zero attached hydrogens (tertiary/aromatic N) is 2. The third kappa shape index (κ3) is 2.94. The Morgan fingerprint density at radius 2 is 2.20 bits per heavy atom. The summed E-state index contributed by atoms with van der Waals surface area (Å²) in [5.74, 6) is 0.0921. The monoisotopic (exact) mass is 273 g/mol. The molecule has 0 spiro atoms. The van der Waals surface area contributed by atoms with E-state index < -0.39 is 0 Å². The Hall–Kier alpha value is -1.58. The van der Waals surface area contributed by atoms with E-state index in [4.69, 9.17) is 0 Å². The van der Waals surface area contributed by atoms with E-state index in [9.17, 15) is 4.79 Å². The number of carbonyl (C=O) groups excluding carboxylic acids is 1. The molecule has 4 heteroatoms. The van der Waals surface area contributed by atoms with Crippen molar-refractivity contribution >= 4 is 11.6 Å². The summed E-state index contributed by atoms with van der Waals surface area (Å²) >= 11 is 0. The van der Waals surface area contributed by atoms with Gasteiger partial charge in [-0.1, -0.05) is 6.92 Å². The minimum absolute atomic E-state index is 0.0921. The average Bonchev–Trinajstić information content (AvgIpc) is 3.31.